The number of anilines is 1. The first-order chi connectivity index (χ1) is 19.1. The molecule has 0 atom stereocenters. The molecule has 39 heavy (non-hydrogen) atoms. The molecule has 2 saturated heterocycles. The highest BCUT2D eigenvalue weighted by molar-refractivity contribution is 7.98. The molecule has 11 heteroatoms. The van der Waals surface area contributed by atoms with E-state index >= 15 is 0 Å². The van der Waals surface area contributed by atoms with E-state index in [1.165, 1.54) is 17.3 Å². The number of piperazine rings is 1. The second-order valence-corrected chi connectivity index (χ2v) is 11.0. The molecule has 3 aliphatic heterocycles. The van der Waals surface area contributed by atoms with Gasteiger partial charge in [-0.05, 0) is 35.4 Å². The van der Waals surface area contributed by atoms with Crippen molar-refractivity contribution in [3.63, 3.8) is 0 Å². The highest BCUT2D eigenvalue weighted by atomic mass is 35.5. The van der Waals surface area contributed by atoms with Crippen LogP contribution in [0.3, 0.4) is 0 Å². The van der Waals surface area contributed by atoms with E-state index in [0.29, 0.717) is 47.9 Å². The maximum atomic E-state index is 13.3. The smallest absolute Gasteiger partial charge is 0.253 e. The monoisotopic (exact) mass is 567 g/mol. The summed E-state index contributed by atoms with van der Waals surface area (Å²) in [5, 5.41) is 1.05. The van der Waals surface area contributed by atoms with Crippen molar-refractivity contribution in [2.24, 2.45) is 0 Å². The van der Waals surface area contributed by atoms with Crippen LogP contribution in [0, 0.1) is 0 Å². The second-order valence-electron chi connectivity index (χ2n) is 9.68. The van der Waals surface area contributed by atoms with E-state index in [-0.39, 0.29) is 12.7 Å². The van der Waals surface area contributed by atoms with Crippen LogP contribution in [-0.2, 0) is 17.0 Å². The summed E-state index contributed by atoms with van der Waals surface area (Å²) in [5.41, 5.74) is 2.94. The summed E-state index contributed by atoms with van der Waals surface area (Å²) >= 11 is 7.81. The lowest BCUT2D eigenvalue weighted by molar-refractivity contribution is 0.0628. The van der Waals surface area contributed by atoms with Crippen molar-refractivity contribution < 1.29 is 19.0 Å². The predicted molar refractivity (Wildman–Crippen MR) is 150 cm³/mol. The summed E-state index contributed by atoms with van der Waals surface area (Å²) in [5.74, 6) is 3.14. The SMILES string of the molecule is O=C(c1cccc(CSc2nc(Cl)cc(N3CCOCC3)n2)c1)N1CCN(Cc2ccc3c(c2)OCO3)CC1. The fourth-order valence-electron chi connectivity index (χ4n) is 4.94. The number of carbonyl (C=O) groups is 1. The first-order valence-corrected chi connectivity index (χ1v) is 14.5. The van der Waals surface area contributed by atoms with Crippen molar-refractivity contribution in [1.29, 1.82) is 0 Å². The van der Waals surface area contributed by atoms with Crippen LogP contribution >= 0.6 is 23.4 Å². The van der Waals surface area contributed by atoms with Gasteiger partial charge in [-0.15, -0.1) is 0 Å². The number of morpholine rings is 1. The normalized spacial score (nSPS) is 17.5. The molecule has 0 radical (unpaired) electrons. The van der Waals surface area contributed by atoms with Gasteiger partial charge in [-0.1, -0.05) is 41.6 Å². The van der Waals surface area contributed by atoms with Crippen molar-refractivity contribution in [2.75, 3.05) is 64.2 Å². The lowest BCUT2D eigenvalue weighted by Crippen LogP contribution is -2.48. The molecule has 0 unspecified atom stereocenters. The molecule has 3 aliphatic rings. The predicted octanol–water partition coefficient (Wildman–Crippen LogP) is 3.95. The van der Waals surface area contributed by atoms with Gasteiger partial charge in [-0.3, -0.25) is 9.69 Å². The lowest BCUT2D eigenvalue weighted by atomic mass is 10.1. The second kappa shape index (κ2) is 12.0. The Balaban J connectivity index is 1.03. The molecule has 2 fully saturated rings. The molecular formula is C28H30ClN5O4S. The van der Waals surface area contributed by atoms with Gasteiger partial charge in [-0.25, -0.2) is 9.97 Å². The first-order valence-electron chi connectivity index (χ1n) is 13.1. The molecule has 3 aromatic rings. The van der Waals surface area contributed by atoms with Crippen LogP contribution in [0.2, 0.25) is 5.15 Å². The van der Waals surface area contributed by atoms with Gasteiger partial charge in [0.2, 0.25) is 6.79 Å². The molecule has 204 valence electrons. The summed E-state index contributed by atoms with van der Waals surface area (Å²) < 4.78 is 16.3. The zero-order valence-electron chi connectivity index (χ0n) is 21.6. The Morgan fingerprint density at radius 3 is 2.56 bits per heavy atom. The number of rotatable bonds is 7. The topological polar surface area (TPSA) is 80.3 Å². The van der Waals surface area contributed by atoms with Gasteiger partial charge >= 0.3 is 0 Å². The van der Waals surface area contributed by atoms with Gasteiger partial charge in [0.15, 0.2) is 16.7 Å². The molecule has 6 rings (SSSR count). The number of nitrogens with zero attached hydrogens (tertiary/aromatic N) is 5. The Bertz CT molecular complexity index is 1330. The average molecular weight is 568 g/mol. The number of carbonyl (C=O) groups excluding carboxylic acids is 1. The molecule has 0 aliphatic carbocycles. The number of hydrogen-bond donors (Lipinski definition) is 0. The van der Waals surface area contributed by atoms with Crippen molar-refractivity contribution in [1.82, 2.24) is 19.8 Å². The lowest BCUT2D eigenvalue weighted by Gasteiger charge is -2.34. The van der Waals surface area contributed by atoms with E-state index in [9.17, 15) is 4.79 Å². The maximum absolute atomic E-state index is 13.3. The zero-order chi connectivity index (χ0) is 26.6. The van der Waals surface area contributed by atoms with Gasteiger partial charge in [-0.2, -0.15) is 0 Å². The summed E-state index contributed by atoms with van der Waals surface area (Å²) in [4.78, 5) is 28.9. The van der Waals surface area contributed by atoms with E-state index in [1.807, 2.05) is 41.3 Å². The molecule has 0 saturated carbocycles. The highest BCUT2D eigenvalue weighted by Gasteiger charge is 2.23. The van der Waals surface area contributed by atoms with E-state index in [4.69, 9.17) is 30.8 Å². The summed E-state index contributed by atoms with van der Waals surface area (Å²) in [6, 6.07) is 15.7. The number of aromatic nitrogens is 2. The van der Waals surface area contributed by atoms with Crippen LogP contribution < -0.4 is 14.4 Å². The Morgan fingerprint density at radius 1 is 0.897 bits per heavy atom. The van der Waals surface area contributed by atoms with Gasteiger partial charge in [0.1, 0.15) is 11.0 Å². The van der Waals surface area contributed by atoms with Crippen LogP contribution in [0.5, 0.6) is 11.5 Å². The minimum absolute atomic E-state index is 0.0678. The number of ether oxygens (including phenoxy) is 3. The number of benzene rings is 2. The Kier molecular flexibility index (Phi) is 8.05. The van der Waals surface area contributed by atoms with Gasteiger partial charge in [0, 0.05) is 63.2 Å². The van der Waals surface area contributed by atoms with Crippen LogP contribution in [0.25, 0.3) is 0 Å². The molecule has 9 nitrogen and oxygen atoms in total. The summed E-state index contributed by atoms with van der Waals surface area (Å²) in [6.45, 7) is 7.09. The summed E-state index contributed by atoms with van der Waals surface area (Å²) in [7, 11) is 0. The van der Waals surface area contributed by atoms with Crippen LogP contribution in [0.4, 0.5) is 5.82 Å². The van der Waals surface area contributed by atoms with Gasteiger partial charge < -0.3 is 24.0 Å². The third-order valence-electron chi connectivity index (χ3n) is 7.04. The molecule has 1 amide bonds. The molecule has 0 bridgehead atoms. The fourth-order valence-corrected chi connectivity index (χ4v) is 5.96. The van der Waals surface area contributed by atoms with E-state index in [2.05, 4.69) is 20.9 Å². The molecule has 1 aromatic heterocycles. The van der Waals surface area contributed by atoms with Crippen molar-refractivity contribution in [2.45, 2.75) is 17.5 Å². The van der Waals surface area contributed by atoms with Crippen LogP contribution in [-0.4, -0.2) is 85.0 Å². The average Bonchev–Trinajstić information content (AvgIpc) is 3.45. The van der Waals surface area contributed by atoms with Crippen LogP contribution in [0.1, 0.15) is 21.5 Å². The molecule has 0 spiro atoms. The number of amides is 1. The number of hydrogen-bond acceptors (Lipinski definition) is 9. The maximum Gasteiger partial charge on any atom is 0.253 e. The van der Waals surface area contributed by atoms with Crippen molar-refractivity contribution in [3.8, 4) is 11.5 Å². The molecule has 0 N–H and O–H groups in total. The van der Waals surface area contributed by atoms with Gasteiger partial charge in [0.25, 0.3) is 5.91 Å². The number of fused-ring (bicyclic) bond motifs is 1. The Labute approximate surface area is 237 Å². The minimum Gasteiger partial charge on any atom is -0.454 e. The third-order valence-corrected chi connectivity index (χ3v) is 8.15. The number of halogens is 1. The van der Waals surface area contributed by atoms with E-state index in [0.717, 1.165) is 55.6 Å². The summed E-state index contributed by atoms with van der Waals surface area (Å²) in [6.07, 6.45) is 0. The third kappa shape index (κ3) is 6.41. The standard InChI is InChI=1S/C28H30ClN5O4S/c29-25-16-26(33-10-12-36-13-11-33)31-28(30-25)39-18-21-2-1-3-22(14-21)27(35)34-8-6-32(7-9-34)17-20-4-5-23-24(15-20)38-19-37-23/h1-5,14-16H,6-13,17-19H2. The van der Waals surface area contributed by atoms with E-state index < -0.39 is 0 Å². The Hall–Kier alpha value is -3.05. The Morgan fingerprint density at radius 2 is 1.72 bits per heavy atom. The first kappa shape index (κ1) is 26.2. The molecule has 2 aromatic carbocycles. The quantitative estimate of drug-likeness (QED) is 0.239. The van der Waals surface area contributed by atoms with Crippen molar-refractivity contribution in [3.05, 3.63) is 70.4 Å². The minimum atomic E-state index is 0.0678. The molecule has 4 heterocycles. The van der Waals surface area contributed by atoms with Crippen LogP contribution in [0.15, 0.2) is 53.7 Å². The van der Waals surface area contributed by atoms with Gasteiger partial charge in [0.05, 0.1) is 13.2 Å². The largest absolute Gasteiger partial charge is 0.454 e. The van der Waals surface area contributed by atoms with Crippen molar-refractivity contribution >= 4 is 35.1 Å². The molecular weight excluding hydrogens is 538 g/mol. The highest BCUT2D eigenvalue weighted by Crippen LogP contribution is 2.33. The van der Waals surface area contributed by atoms with E-state index in [1.54, 1.807) is 6.07 Å². The number of thioether (sulfide) groups is 1. The zero-order valence-corrected chi connectivity index (χ0v) is 23.1. The fraction of sp³-hybridized carbons (Fsp3) is 0.393.